The van der Waals surface area contributed by atoms with Crippen LogP contribution in [-0.2, 0) is 22.4 Å². The molecule has 0 aliphatic heterocycles. The normalized spacial score (nSPS) is 3.00. The SMILES string of the molecule is O=NO.[Ag]. The molecule has 3 nitrogen and oxygen atoms in total. The van der Waals surface area contributed by atoms with Crippen LogP contribution < -0.4 is 0 Å². The molecule has 0 unspecified atom stereocenters. The minimum atomic E-state index is 0. The summed E-state index contributed by atoms with van der Waals surface area (Å²) in [6, 6.07) is 0. The zero-order chi connectivity index (χ0) is 2.71. The van der Waals surface area contributed by atoms with E-state index in [1.54, 1.807) is 0 Å². The van der Waals surface area contributed by atoms with Crippen molar-refractivity contribution in [3.05, 3.63) is 4.91 Å². The van der Waals surface area contributed by atoms with Gasteiger partial charge in [0.25, 0.3) is 0 Å². The molecule has 0 rings (SSSR count). The molecule has 29 valence electrons. The van der Waals surface area contributed by atoms with Crippen LogP contribution in [0, 0.1) is 4.91 Å². The minimum absolute atomic E-state index is 0. The maximum absolute atomic E-state index is 8.11. The third-order valence-electron chi connectivity index (χ3n) is 0. The number of hydrogen-bond donors (Lipinski definition) is 1. The van der Waals surface area contributed by atoms with Crippen molar-refractivity contribution in [3.8, 4) is 0 Å². The quantitative estimate of drug-likeness (QED) is 0.307. The molecule has 0 saturated heterocycles. The molecule has 0 bridgehead atoms. The molecule has 1 N–H and O–H groups in total. The average Bonchev–Trinajstić information content (AvgIpc) is 0.918. The van der Waals surface area contributed by atoms with Gasteiger partial charge >= 0.3 is 0 Å². The van der Waals surface area contributed by atoms with Crippen molar-refractivity contribution < 1.29 is 27.6 Å². The van der Waals surface area contributed by atoms with Gasteiger partial charge in [-0.3, -0.25) is 0 Å². The summed E-state index contributed by atoms with van der Waals surface area (Å²) in [5.74, 6) is 0. The monoisotopic (exact) mass is 154 g/mol. The van der Waals surface area contributed by atoms with Gasteiger partial charge in [0.15, 0.2) is 5.34 Å². The van der Waals surface area contributed by atoms with Crippen molar-refractivity contribution in [1.82, 2.24) is 0 Å². The van der Waals surface area contributed by atoms with E-state index in [4.69, 9.17) is 10.1 Å². The van der Waals surface area contributed by atoms with Crippen molar-refractivity contribution >= 4 is 0 Å². The molecule has 0 atom stereocenters. The summed E-state index contributed by atoms with van der Waals surface area (Å²) in [7, 11) is 0. The second kappa shape index (κ2) is 11.1. The molecule has 0 aromatic carbocycles. The number of rotatable bonds is 0. The third-order valence-corrected chi connectivity index (χ3v) is 0. The van der Waals surface area contributed by atoms with Crippen molar-refractivity contribution in [3.63, 3.8) is 0 Å². The van der Waals surface area contributed by atoms with Crippen LogP contribution in [0.3, 0.4) is 0 Å². The molecule has 0 fully saturated rings. The van der Waals surface area contributed by atoms with Gasteiger partial charge in [-0.15, -0.1) is 4.91 Å². The van der Waals surface area contributed by atoms with E-state index < -0.39 is 0 Å². The summed E-state index contributed by atoms with van der Waals surface area (Å²) >= 11 is 0. The third kappa shape index (κ3) is 141. The van der Waals surface area contributed by atoms with E-state index >= 15 is 0 Å². The van der Waals surface area contributed by atoms with Crippen LogP contribution >= 0.6 is 0 Å². The molecular formula is HAgNO2. The second-order valence-electron chi connectivity index (χ2n) is 0.0816. The maximum Gasteiger partial charge on any atom is 0.152 e. The zero-order valence-corrected chi connectivity index (χ0v) is 3.09. The van der Waals surface area contributed by atoms with E-state index in [0.29, 0.717) is 0 Å². The molecule has 0 aromatic heterocycles. The standard InChI is InChI=1S/Ag.HNO2/c;2-1-3/h;(H,2,3). The smallest absolute Gasteiger partial charge is 0.152 e. The van der Waals surface area contributed by atoms with Crippen LogP contribution in [0.15, 0.2) is 5.34 Å². The minimum Gasteiger partial charge on any atom is -0.379 e. The Hall–Kier alpha value is 0.140. The van der Waals surface area contributed by atoms with Crippen LogP contribution in [0.25, 0.3) is 0 Å². The summed E-state index contributed by atoms with van der Waals surface area (Å²) in [6.45, 7) is 0. The van der Waals surface area contributed by atoms with Gasteiger partial charge in [-0.25, -0.2) is 0 Å². The molecular weight excluding hydrogens is 154 g/mol. The van der Waals surface area contributed by atoms with E-state index in [2.05, 4.69) is 0 Å². The van der Waals surface area contributed by atoms with E-state index in [-0.39, 0.29) is 22.4 Å². The van der Waals surface area contributed by atoms with Gasteiger partial charge in [0.1, 0.15) is 0 Å². The van der Waals surface area contributed by atoms with Crippen LogP contribution in [0.2, 0.25) is 0 Å². The van der Waals surface area contributed by atoms with Gasteiger partial charge in [0.2, 0.25) is 0 Å². The van der Waals surface area contributed by atoms with Crippen LogP contribution in [0.1, 0.15) is 0 Å². The van der Waals surface area contributed by atoms with Gasteiger partial charge in [-0.2, -0.15) is 0 Å². The molecule has 4 heavy (non-hydrogen) atoms. The van der Waals surface area contributed by atoms with E-state index in [1.165, 1.54) is 5.34 Å². The maximum atomic E-state index is 8.11. The summed E-state index contributed by atoms with van der Waals surface area (Å²) in [6.07, 6.45) is 0. The van der Waals surface area contributed by atoms with Crippen LogP contribution in [0.5, 0.6) is 0 Å². The fourth-order valence-electron chi connectivity index (χ4n) is 0. The van der Waals surface area contributed by atoms with Gasteiger partial charge in [0, 0.05) is 22.4 Å². The molecule has 0 aromatic rings. The van der Waals surface area contributed by atoms with Crippen molar-refractivity contribution in [2.45, 2.75) is 0 Å². The molecule has 4 heteroatoms. The average molecular weight is 155 g/mol. The Kier molecular flexibility index (Phi) is 24.7. The molecule has 0 spiro atoms. The van der Waals surface area contributed by atoms with E-state index in [1.807, 2.05) is 0 Å². The molecule has 0 amide bonds. The Labute approximate surface area is 38.5 Å². The topological polar surface area (TPSA) is 49.7 Å². The first kappa shape index (κ1) is 8.91. The van der Waals surface area contributed by atoms with Crippen LogP contribution in [-0.4, -0.2) is 5.21 Å². The zero-order valence-electron chi connectivity index (χ0n) is 1.60. The predicted molar refractivity (Wildman–Crippen MR) is 7.58 cm³/mol. The summed E-state index contributed by atoms with van der Waals surface area (Å²) < 4.78 is 0. The Morgan fingerprint density at radius 2 is 1.75 bits per heavy atom. The molecule has 0 heterocycles. The molecule has 0 aliphatic rings. The van der Waals surface area contributed by atoms with Crippen molar-refractivity contribution in [2.75, 3.05) is 0 Å². The van der Waals surface area contributed by atoms with Crippen molar-refractivity contribution in [1.29, 1.82) is 0 Å². The Bertz CT molecular complexity index is 13.5. The van der Waals surface area contributed by atoms with E-state index in [9.17, 15) is 0 Å². The first-order valence-corrected chi connectivity index (χ1v) is 0.383. The van der Waals surface area contributed by atoms with Crippen LogP contribution in [0.4, 0.5) is 0 Å². The Morgan fingerprint density at radius 1 is 1.75 bits per heavy atom. The molecule has 1 radical (unpaired) electrons. The first-order chi connectivity index (χ1) is 1.41. The Balaban J connectivity index is 0. The van der Waals surface area contributed by atoms with Gasteiger partial charge < -0.3 is 5.21 Å². The van der Waals surface area contributed by atoms with Crippen molar-refractivity contribution in [2.24, 2.45) is 5.34 Å². The van der Waals surface area contributed by atoms with Gasteiger partial charge in [0.05, 0.1) is 0 Å². The summed E-state index contributed by atoms with van der Waals surface area (Å²) in [4.78, 5) is 8.11. The number of hydrogen-bond acceptors (Lipinski definition) is 2. The predicted octanol–water partition coefficient (Wildman–Crippen LogP) is 0.140. The second-order valence-corrected chi connectivity index (χ2v) is 0.0816. The van der Waals surface area contributed by atoms with E-state index in [0.717, 1.165) is 0 Å². The first-order valence-electron chi connectivity index (χ1n) is 0.383. The molecule has 0 aliphatic carbocycles. The fraction of sp³-hybridized carbons (Fsp3) is 0. The number of nitrogens with zero attached hydrogens (tertiary/aromatic N) is 1. The van der Waals surface area contributed by atoms with Gasteiger partial charge in [-0.05, 0) is 0 Å². The summed E-state index contributed by atoms with van der Waals surface area (Å²) in [5.41, 5.74) is 0. The summed E-state index contributed by atoms with van der Waals surface area (Å²) in [5, 5.41) is 7.89. The largest absolute Gasteiger partial charge is 0.379 e. The Morgan fingerprint density at radius 3 is 1.75 bits per heavy atom. The van der Waals surface area contributed by atoms with Gasteiger partial charge in [-0.1, -0.05) is 0 Å². The molecule has 0 saturated carbocycles. The fourth-order valence-corrected chi connectivity index (χ4v) is 0.